The summed E-state index contributed by atoms with van der Waals surface area (Å²) < 4.78 is 32.9. The molecule has 4 rings (SSSR count). The third-order valence-electron chi connectivity index (χ3n) is 4.97. The van der Waals surface area contributed by atoms with Crippen molar-refractivity contribution in [3.05, 3.63) is 83.9 Å². The van der Waals surface area contributed by atoms with Crippen LogP contribution in [0.4, 0.5) is 16.2 Å². The number of benzene rings is 3. The van der Waals surface area contributed by atoms with Crippen molar-refractivity contribution >= 4 is 27.4 Å². The molecule has 0 unspecified atom stereocenters. The molecule has 1 aliphatic rings. The van der Waals surface area contributed by atoms with Crippen LogP contribution in [0.5, 0.6) is 5.75 Å². The zero-order valence-electron chi connectivity index (χ0n) is 16.1. The van der Waals surface area contributed by atoms with Gasteiger partial charge >= 0.3 is 6.03 Å². The third-order valence-corrected chi connectivity index (χ3v) is 6.71. The first-order chi connectivity index (χ1) is 13.9. The number of carbonyl (C=O) groups is 1. The summed E-state index contributed by atoms with van der Waals surface area (Å²) in [5, 5.41) is 0. The van der Waals surface area contributed by atoms with Gasteiger partial charge in [0.15, 0.2) is 0 Å². The third kappa shape index (κ3) is 3.13. The Morgan fingerprint density at radius 3 is 2.21 bits per heavy atom. The lowest BCUT2D eigenvalue weighted by molar-refractivity contribution is 0.253. The van der Waals surface area contributed by atoms with Gasteiger partial charge in [0.1, 0.15) is 16.3 Å². The molecule has 7 heteroatoms. The molecule has 0 atom stereocenters. The molecule has 3 aromatic carbocycles. The second-order valence-electron chi connectivity index (χ2n) is 6.70. The van der Waals surface area contributed by atoms with Gasteiger partial charge in [-0.1, -0.05) is 48.5 Å². The monoisotopic (exact) mass is 408 g/mol. The quantitative estimate of drug-likeness (QED) is 0.644. The Kier molecular flexibility index (Phi) is 4.76. The van der Waals surface area contributed by atoms with Crippen molar-refractivity contribution in [2.24, 2.45) is 0 Å². The van der Waals surface area contributed by atoms with E-state index in [1.165, 1.54) is 18.1 Å². The number of methoxy groups -OCH3 is 1. The largest absolute Gasteiger partial charge is 0.495 e. The zero-order chi connectivity index (χ0) is 20.6. The average Bonchev–Trinajstić information content (AvgIpc) is 2.73. The number of fused-ring (bicyclic) bond motifs is 1. The molecule has 1 aliphatic heterocycles. The molecule has 0 saturated heterocycles. The van der Waals surface area contributed by atoms with E-state index in [0.717, 1.165) is 15.4 Å². The summed E-state index contributed by atoms with van der Waals surface area (Å²) in [6.07, 6.45) is 0. The van der Waals surface area contributed by atoms with Crippen molar-refractivity contribution in [3.63, 3.8) is 0 Å². The lowest BCUT2D eigenvalue weighted by Gasteiger charge is -2.36. The zero-order valence-corrected chi connectivity index (χ0v) is 16.9. The van der Waals surface area contributed by atoms with Crippen LogP contribution in [-0.2, 0) is 16.6 Å². The van der Waals surface area contributed by atoms with Crippen molar-refractivity contribution in [2.45, 2.75) is 18.4 Å². The Hall–Kier alpha value is -3.32. The highest BCUT2D eigenvalue weighted by Crippen LogP contribution is 2.40. The van der Waals surface area contributed by atoms with Crippen LogP contribution in [0.1, 0.15) is 11.1 Å². The van der Waals surface area contributed by atoms with Crippen LogP contribution in [0, 0.1) is 6.92 Å². The fraction of sp³-hybridized carbons (Fsp3) is 0.136. The summed E-state index contributed by atoms with van der Waals surface area (Å²) in [5.74, 6) is 0.305. The van der Waals surface area contributed by atoms with E-state index in [2.05, 4.69) is 0 Å². The van der Waals surface area contributed by atoms with E-state index in [1.807, 2.05) is 31.2 Å². The number of hydrogen-bond acceptors (Lipinski definition) is 4. The highest BCUT2D eigenvalue weighted by Gasteiger charge is 2.43. The number of carbonyl (C=O) groups excluding carboxylic acids is 1. The summed E-state index contributed by atoms with van der Waals surface area (Å²) in [7, 11) is -2.65. The van der Waals surface area contributed by atoms with E-state index in [9.17, 15) is 13.2 Å². The molecule has 148 valence electrons. The fourth-order valence-electron chi connectivity index (χ4n) is 3.45. The highest BCUT2D eigenvalue weighted by molar-refractivity contribution is 7.94. The number of amides is 2. The lowest BCUT2D eigenvalue weighted by atomic mass is 10.1. The smallest absolute Gasteiger partial charge is 0.343 e. The molecular weight excluding hydrogens is 388 g/mol. The first-order valence-corrected chi connectivity index (χ1v) is 10.5. The maximum atomic E-state index is 13.5. The van der Waals surface area contributed by atoms with Crippen molar-refractivity contribution in [1.82, 2.24) is 0 Å². The summed E-state index contributed by atoms with van der Waals surface area (Å²) in [4.78, 5) is 15.1. The van der Waals surface area contributed by atoms with Gasteiger partial charge < -0.3 is 4.74 Å². The Labute approximate surface area is 170 Å². The predicted octanol–water partition coefficient (Wildman–Crippen LogP) is 4.34. The van der Waals surface area contributed by atoms with Gasteiger partial charge in [0.05, 0.1) is 19.3 Å². The number of para-hydroxylation sites is 3. The van der Waals surface area contributed by atoms with Crippen LogP contribution in [-0.4, -0.2) is 21.6 Å². The number of aryl methyl sites for hydroxylation is 1. The molecule has 1 heterocycles. The van der Waals surface area contributed by atoms with Crippen LogP contribution in [0.3, 0.4) is 0 Å². The molecule has 2 amide bonds. The van der Waals surface area contributed by atoms with E-state index in [4.69, 9.17) is 4.74 Å². The Morgan fingerprint density at radius 1 is 0.862 bits per heavy atom. The van der Waals surface area contributed by atoms with E-state index in [-0.39, 0.29) is 17.1 Å². The fourth-order valence-corrected chi connectivity index (χ4v) is 5.06. The molecule has 0 saturated carbocycles. The van der Waals surface area contributed by atoms with Crippen LogP contribution in [0.2, 0.25) is 0 Å². The molecule has 29 heavy (non-hydrogen) atoms. The Balaban J connectivity index is 1.91. The van der Waals surface area contributed by atoms with E-state index in [0.29, 0.717) is 11.4 Å². The molecule has 0 fully saturated rings. The highest BCUT2D eigenvalue weighted by atomic mass is 32.2. The summed E-state index contributed by atoms with van der Waals surface area (Å²) in [6.45, 7) is 2.22. The van der Waals surface area contributed by atoms with Crippen molar-refractivity contribution in [2.75, 3.05) is 16.3 Å². The minimum atomic E-state index is -4.09. The van der Waals surface area contributed by atoms with Gasteiger partial charge in [-0.2, -0.15) is 4.31 Å². The van der Waals surface area contributed by atoms with Crippen LogP contribution >= 0.6 is 0 Å². The molecule has 3 aromatic rings. The van der Waals surface area contributed by atoms with Crippen LogP contribution in [0.25, 0.3) is 0 Å². The molecular formula is C22H20N2O4S. The average molecular weight is 408 g/mol. The van der Waals surface area contributed by atoms with Crippen molar-refractivity contribution in [3.8, 4) is 5.75 Å². The summed E-state index contributed by atoms with van der Waals surface area (Å²) >= 11 is 0. The second-order valence-corrected chi connectivity index (χ2v) is 8.46. The molecule has 0 spiro atoms. The number of hydrogen-bond donors (Lipinski definition) is 0. The lowest BCUT2D eigenvalue weighted by Crippen LogP contribution is -2.50. The van der Waals surface area contributed by atoms with Gasteiger partial charge in [0, 0.05) is 0 Å². The summed E-state index contributed by atoms with van der Waals surface area (Å²) in [5.41, 5.74) is 2.51. The minimum Gasteiger partial charge on any atom is -0.495 e. The first kappa shape index (κ1) is 19.0. The van der Waals surface area contributed by atoms with Gasteiger partial charge in [-0.3, -0.25) is 4.90 Å². The molecule has 0 N–H and O–H groups in total. The van der Waals surface area contributed by atoms with Crippen molar-refractivity contribution in [1.29, 1.82) is 0 Å². The maximum Gasteiger partial charge on any atom is 0.343 e. The standard InChI is InChI=1S/C22H20N2O4S/c1-16-9-3-4-10-17(16)15-23-19-12-6-8-14-21(19)29(26,27)24(22(23)25)18-11-5-7-13-20(18)28-2/h3-14H,15H2,1-2H3. The summed E-state index contributed by atoms with van der Waals surface area (Å²) in [6, 6.07) is 20.2. The maximum absolute atomic E-state index is 13.5. The number of anilines is 2. The van der Waals surface area contributed by atoms with Crippen molar-refractivity contribution < 1.29 is 17.9 Å². The van der Waals surface area contributed by atoms with Crippen LogP contribution in [0.15, 0.2) is 77.7 Å². The number of rotatable bonds is 4. The number of ether oxygens (including phenoxy) is 1. The molecule has 0 aliphatic carbocycles. The minimum absolute atomic E-state index is 0.0825. The van der Waals surface area contributed by atoms with Gasteiger partial charge in [-0.05, 0) is 42.3 Å². The van der Waals surface area contributed by atoms with Crippen LogP contribution < -0.4 is 13.9 Å². The first-order valence-electron chi connectivity index (χ1n) is 9.08. The SMILES string of the molecule is COc1ccccc1N1C(=O)N(Cc2ccccc2C)c2ccccc2S1(=O)=O. The van der Waals surface area contributed by atoms with Gasteiger partial charge in [-0.15, -0.1) is 0 Å². The van der Waals surface area contributed by atoms with Gasteiger partial charge in [-0.25, -0.2) is 13.2 Å². The molecule has 0 bridgehead atoms. The Bertz CT molecular complexity index is 1190. The number of sulfonamides is 1. The van der Waals surface area contributed by atoms with Gasteiger partial charge in [0.2, 0.25) is 0 Å². The topological polar surface area (TPSA) is 66.9 Å². The number of urea groups is 1. The Morgan fingerprint density at radius 2 is 1.48 bits per heavy atom. The molecule has 6 nitrogen and oxygen atoms in total. The number of nitrogens with zero attached hydrogens (tertiary/aromatic N) is 2. The normalized spacial score (nSPS) is 15.2. The predicted molar refractivity (Wildman–Crippen MR) is 112 cm³/mol. The van der Waals surface area contributed by atoms with E-state index < -0.39 is 16.1 Å². The second kappa shape index (κ2) is 7.25. The van der Waals surface area contributed by atoms with E-state index in [1.54, 1.807) is 42.5 Å². The molecule has 0 radical (unpaired) electrons. The van der Waals surface area contributed by atoms with Gasteiger partial charge in [0.25, 0.3) is 10.0 Å². The van der Waals surface area contributed by atoms with E-state index >= 15 is 0 Å². The molecule has 0 aromatic heterocycles.